The third-order valence-electron chi connectivity index (χ3n) is 3.33. The molecule has 0 fully saturated rings. The van der Waals surface area contributed by atoms with Crippen molar-refractivity contribution in [2.75, 3.05) is 25.9 Å². The number of nitrogen functional groups attached to an aromatic ring is 1. The van der Waals surface area contributed by atoms with Crippen LogP contribution in [0.4, 0.5) is 5.69 Å². The number of anilines is 1. The van der Waals surface area contributed by atoms with Crippen molar-refractivity contribution < 1.29 is 4.74 Å². The van der Waals surface area contributed by atoms with Gasteiger partial charge in [-0.15, -0.1) is 5.10 Å². The molecular formula is C15H18N4O. The Kier molecular flexibility index (Phi) is 3.33. The van der Waals surface area contributed by atoms with Crippen LogP contribution in [-0.2, 0) is 0 Å². The molecule has 5 nitrogen and oxygen atoms in total. The summed E-state index contributed by atoms with van der Waals surface area (Å²) in [6, 6.07) is 5.78. The lowest BCUT2D eigenvalue weighted by atomic mass is 10.1. The molecule has 104 valence electrons. The summed E-state index contributed by atoms with van der Waals surface area (Å²) in [6.07, 6.45) is 8.99. The topological polar surface area (TPSA) is 55.8 Å². The second-order valence-electron chi connectivity index (χ2n) is 4.93. The number of nitrogens with two attached hydrogens (primary N) is 1. The lowest BCUT2D eigenvalue weighted by Gasteiger charge is -2.19. The molecule has 0 radical (unpaired) electrons. The number of ether oxygens (including phenoxy) is 1. The van der Waals surface area contributed by atoms with Gasteiger partial charge in [0.05, 0.1) is 12.1 Å². The summed E-state index contributed by atoms with van der Waals surface area (Å²) in [4.78, 5) is 2.15. The van der Waals surface area contributed by atoms with E-state index in [0.717, 1.165) is 18.5 Å². The molecule has 2 aromatic rings. The highest BCUT2D eigenvalue weighted by molar-refractivity contribution is 5.74. The van der Waals surface area contributed by atoms with Gasteiger partial charge in [-0.3, -0.25) is 0 Å². The van der Waals surface area contributed by atoms with E-state index in [4.69, 9.17) is 10.5 Å². The Bertz CT molecular complexity index is 672. The lowest BCUT2D eigenvalue weighted by molar-refractivity contribution is 0.305. The molecule has 0 bridgehead atoms. The number of likely N-dealkylation sites (N-methyl/N-ethyl adjacent to an activating group) is 1. The van der Waals surface area contributed by atoms with Gasteiger partial charge in [-0.25, -0.2) is 4.52 Å². The molecule has 3 rings (SSSR count). The van der Waals surface area contributed by atoms with Crippen LogP contribution in [0.25, 0.3) is 5.52 Å². The van der Waals surface area contributed by atoms with Crippen LogP contribution in [0.5, 0.6) is 5.88 Å². The SMILES string of the molecule is CN1C=CC=C(CCOc2nn3ccccc3c2N)C1. The summed E-state index contributed by atoms with van der Waals surface area (Å²) in [7, 11) is 2.06. The largest absolute Gasteiger partial charge is 0.475 e. The minimum absolute atomic E-state index is 0.511. The Morgan fingerprint density at radius 3 is 3.10 bits per heavy atom. The number of hydrogen-bond acceptors (Lipinski definition) is 4. The Morgan fingerprint density at radius 2 is 2.30 bits per heavy atom. The first-order chi connectivity index (χ1) is 9.74. The molecule has 0 unspecified atom stereocenters. The van der Waals surface area contributed by atoms with E-state index in [-0.39, 0.29) is 0 Å². The van der Waals surface area contributed by atoms with Gasteiger partial charge < -0.3 is 15.4 Å². The van der Waals surface area contributed by atoms with E-state index in [0.29, 0.717) is 18.2 Å². The van der Waals surface area contributed by atoms with Crippen molar-refractivity contribution in [1.82, 2.24) is 14.5 Å². The lowest BCUT2D eigenvalue weighted by Crippen LogP contribution is -2.18. The Labute approximate surface area is 117 Å². The summed E-state index contributed by atoms with van der Waals surface area (Å²) < 4.78 is 7.46. The fourth-order valence-corrected chi connectivity index (χ4v) is 2.30. The third-order valence-corrected chi connectivity index (χ3v) is 3.33. The predicted octanol–water partition coefficient (Wildman–Crippen LogP) is 2.07. The van der Waals surface area contributed by atoms with Crippen LogP contribution in [0, 0.1) is 0 Å². The normalized spacial score (nSPS) is 14.7. The van der Waals surface area contributed by atoms with E-state index in [2.05, 4.69) is 35.4 Å². The molecule has 0 saturated carbocycles. The molecule has 0 amide bonds. The van der Waals surface area contributed by atoms with Crippen LogP contribution >= 0.6 is 0 Å². The van der Waals surface area contributed by atoms with Crippen LogP contribution in [0.2, 0.25) is 0 Å². The number of allylic oxidation sites excluding steroid dienone is 2. The minimum atomic E-state index is 0.511. The summed E-state index contributed by atoms with van der Waals surface area (Å²) in [6.45, 7) is 1.53. The predicted molar refractivity (Wildman–Crippen MR) is 79.6 cm³/mol. The van der Waals surface area contributed by atoms with Crippen molar-refractivity contribution >= 4 is 11.2 Å². The van der Waals surface area contributed by atoms with E-state index in [1.807, 2.05) is 24.4 Å². The van der Waals surface area contributed by atoms with Crippen molar-refractivity contribution in [1.29, 1.82) is 0 Å². The van der Waals surface area contributed by atoms with E-state index >= 15 is 0 Å². The first-order valence-electron chi connectivity index (χ1n) is 6.66. The van der Waals surface area contributed by atoms with Crippen LogP contribution < -0.4 is 10.5 Å². The maximum absolute atomic E-state index is 6.04. The Balaban J connectivity index is 1.64. The van der Waals surface area contributed by atoms with E-state index < -0.39 is 0 Å². The maximum atomic E-state index is 6.04. The fraction of sp³-hybridized carbons (Fsp3) is 0.267. The second-order valence-corrected chi connectivity index (χ2v) is 4.93. The van der Waals surface area contributed by atoms with Gasteiger partial charge in [-0.1, -0.05) is 12.1 Å². The zero-order chi connectivity index (χ0) is 13.9. The highest BCUT2D eigenvalue weighted by Gasteiger charge is 2.11. The zero-order valence-corrected chi connectivity index (χ0v) is 11.5. The Hall–Kier alpha value is -2.43. The summed E-state index contributed by atoms with van der Waals surface area (Å²) in [5.74, 6) is 0.511. The molecule has 5 heteroatoms. The molecule has 20 heavy (non-hydrogen) atoms. The van der Waals surface area contributed by atoms with Gasteiger partial charge >= 0.3 is 0 Å². The molecule has 3 heterocycles. The molecule has 0 aliphatic carbocycles. The van der Waals surface area contributed by atoms with E-state index in [9.17, 15) is 0 Å². The smallest absolute Gasteiger partial charge is 0.257 e. The summed E-state index contributed by atoms with van der Waals surface area (Å²) >= 11 is 0. The average Bonchev–Trinajstić information content (AvgIpc) is 2.76. The van der Waals surface area contributed by atoms with Crippen molar-refractivity contribution in [3.8, 4) is 5.88 Å². The van der Waals surface area contributed by atoms with Crippen LogP contribution in [0.3, 0.4) is 0 Å². The van der Waals surface area contributed by atoms with Crippen molar-refractivity contribution in [3.63, 3.8) is 0 Å². The Morgan fingerprint density at radius 1 is 1.40 bits per heavy atom. The third kappa shape index (κ3) is 2.47. The molecule has 1 aliphatic rings. The van der Waals surface area contributed by atoms with E-state index in [1.54, 1.807) is 4.52 Å². The molecule has 0 atom stereocenters. The first kappa shape index (κ1) is 12.6. The van der Waals surface area contributed by atoms with Gasteiger partial charge in [-0.2, -0.15) is 0 Å². The van der Waals surface area contributed by atoms with Gasteiger partial charge in [0, 0.05) is 26.2 Å². The molecule has 0 aromatic carbocycles. The molecule has 2 N–H and O–H groups in total. The van der Waals surface area contributed by atoms with E-state index in [1.165, 1.54) is 5.57 Å². The number of rotatable bonds is 4. The minimum Gasteiger partial charge on any atom is -0.475 e. The molecular weight excluding hydrogens is 252 g/mol. The van der Waals surface area contributed by atoms with Crippen LogP contribution in [-0.4, -0.2) is 34.7 Å². The molecule has 0 spiro atoms. The number of aromatic nitrogens is 2. The highest BCUT2D eigenvalue weighted by atomic mass is 16.5. The summed E-state index contributed by atoms with van der Waals surface area (Å²) in [5, 5.41) is 4.34. The van der Waals surface area contributed by atoms with Crippen molar-refractivity contribution in [2.24, 2.45) is 0 Å². The summed E-state index contributed by atoms with van der Waals surface area (Å²) in [5.41, 5.74) is 8.86. The van der Waals surface area contributed by atoms with Crippen LogP contribution in [0.1, 0.15) is 6.42 Å². The number of fused-ring (bicyclic) bond motifs is 1. The number of pyridine rings is 1. The fourth-order valence-electron chi connectivity index (χ4n) is 2.30. The number of nitrogens with zero attached hydrogens (tertiary/aromatic N) is 3. The van der Waals surface area contributed by atoms with Gasteiger partial charge in [0.1, 0.15) is 5.69 Å². The molecule has 2 aromatic heterocycles. The quantitative estimate of drug-likeness (QED) is 0.924. The van der Waals surface area contributed by atoms with Crippen LogP contribution in [0.15, 0.2) is 48.3 Å². The van der Waals surface area contributed by atoms with Crippen molar-refractivity contribution in [3.05, 3.63) is 48.3 Å². The van der Waals surface area contributed by atoms with Gasteiger partial charge in [0.2, 0.25) is 0 Å². The zero-order valence-electron chi connectivity index (χ0n) is 11.5. The molecule has 1 aliphatic heterocycles. The molecule has 0 saturated heterocycles. The first-order valence-corrected chi connectivity index (χ1v) is 6.66. The van der Waals surface area contributed by atoms with Gasteiger partial charge in [0.15, 0.2) is 0 Å². The maximum Gasteiger partial charge on any atom is 0.257 e. The standard InChI is InChI=1S/C15H18N4O/c1-18-8-4-5-12(11-18)7-10-20-15-14(16)13-6-2-3-9-19(13)17-15/h2-6,8-9H,7,10-11,16H2,1H3. The van der Waals surface area contributed by atoms with Gasteiger partial charge in [-0.05, 0) is 30.0 Å². The number of hydrogen-bond donors (Lipinski definition) is 1. The van der Waals surface area contributed by atoms with Crippen molar-refractivity contribution in [2.45, 2.75) is 6.42 Å². The monoisotopic (exact) mass is 270 g/mol. The van der Waals surface area contributed by atoms with Gasteiger partial charge in [0.25, 0.3) is 5.88 Å². The highest BCUT2D eigenvalue weighted by Crippen LogP contribution is 2.25. The second kappa shape index (κ2) is 5.28. The average molecular weight is 270 g/mol.